The molecule has 1 rings (SSSR count). The van der Waals surface area contributed by atoms with Crippen molar-refractivity contribution in [1.29, 1.82) is 0 Å². The molecule has 0 bridgehead atoms. The van der Waals surface area contributed by atoms with Gasteiger partial charge in [0, 0.05) is 25.0 Å². The first-order chi connectivity index (χ1) is 7.45. The summed E-state index contributed by atoms with van der Waals surface area (Å²) in [5.41, 5.74) is 0. The molecule has 0 amide bonds. The number of halogens is 1. The van der Waals surface area contributed by atoms with Crippen LogP contribution in [0.2, 0.25) is 0 Å². The zero-order valence-electron chi connectivity index (χ0n) is 9.95. The highest BCUT2D eigenvalue weighted by atomic mass is 79.9. The van der Waals surface area contributed by atoms with Crippen LogP contribution in [0.1, 0.15) is 26.7 Å². The standard InChI is InChI=1S/C10H21BrN2O2S/c1-9-4-3-5-13(8-9)16(14,15)12-7-10(2)6-11/h9-10,12H,3-8H2,1-2H3. The maximum Gasteiger partial charge on any atom is 0.279 e. The lowest BCUT2D eigenvalue weighted by molar-refractivity contribution is 0.277. The van der Waals surface area contributed by atoms with E-state index in [-0.39, 0.29) is 0 Å². The Bertz CT molecular complexity index is 308. The van der Waals surface area contributed by atoms with E-state index in [0.29, 0.717) is 31.5 Å². The van der Waals surface area contributed by atoms with Crippen LogP contribution in [0.3, 0.4) is 0 Å². The Morgan fingerprint density at radius 3 is 2.81 bits per heavy atom. The Kier molecular flexibility index (Phi) is 5.70. The molecule has 1 heterocycles. The molecular weight excluding hydrogens is 292 g/mol. The van der Waals surface area contributed by atoms with Crippen molar-refractivity contribution in [2.24, 2.45) is 11.8 Å². The minimum atomic E-state index is -3.26. The smallest absolute Gasteiger partial charge is 0.202 e. The maximum absolute atomic E-state index is 12.0. The SMILES string of the molecule is CC(CBr)CNS(=O)(=O)N1CCCC(C)C1. The third-order valence-electron chi connectivity index (χ3n) is 2.84. The predicted octanol–water partition coefficient (Wildman–Crippen LogP) is 1.58. The minimum Gasteiger partial charge on any atom is -0.202 e. The van der Waals surface area contributed by atoms with Gasteiger partial charge in [-0.3, -0.25) is 0 Å². The molecule has 1 aliphatic rings. The molecule has 6 heteroatoms. The Morgan fingerprint density at radius 1 is 1.56 bits per heavy atom. The molecule has 0 saturated carbocycles. The van der Waals surface area contributed by atoms with Gasteiger partial charge in [0.25, 0.3) is 10.2 Å². The van der Waals surface area contributed by atoms with Crippen LogP contribution in [0.25, 0.3) is 0 Å². The number of nitrogens with one attached hydrogen (secondary N) is 1. The first-order valence-electron chi connectivity index (χ1n) is 5.76. The molecule has 1 aliphatic heterocycles. The molecule has 2 unspecified atom stereocenters. The fraction of sp³-hybridized carbons (Fsp3) is 1.00. The van der Waals surface area contributed by atoms with Gasteiger partial charge in [-0.25, -0.2) is 4.72 Å². The topological polar surface area (TPSA) is 49.4 Å². The van der Waals surface area contributed by atoms with Crippen LogP contribution < -0.4 is 4.72 Å². The van der Waals surface area contributed by atoms with Crippen molar-refractivity contribution in [1.82, 2.24) is 9.03 Å². The lowest BCUT2D eigenvalue weighted by Gasteiger charge is -2.30. The van der Waals surface area contributed by atoms with Crippen molar-refractivity contribution in [3.8, 4) is 0 Å². The quantitative estimate of drug-likeness (QED) is 0.784. The second kappa shape index (κ2) is 6.33. The molecule has 0 spiro atoms. The Hall–Kier alpha value is 0.350. The maximum atomic E-state index is 12.0. The number of rotatable bonds is 5. The van der Waals surface area contributed by atoms with Crippen molar-refractivity contribution in [3.05, 3.63) is 0 Å². The van der Waals surface area contributed by atoms with Gasteiger partial charge < -0.3 is 0 Å². The van der Waals surface area contributed by atoms with E-state index in [0.717, 1.165) is 18.2 Å². The summed E-state index contributed by atoms with van der Waals surface area (Å²) in [5.74, 6) is 0.788. The van der Waals surface area contributed by atoms with Gasteiger partial charge in [-0.15, -0.1) is 0 Å². The number of alkyl halides is 1. The molecule has 2 atom stereocenters. The molecule has 1 saturated heterocycles. The minimum absolute atomic E-state index is 0.317. The van der Waals surface area contributed by atoms with Crippen LogP contribution in [0.5, 0.6) is 0 Å². The number of hydrogen-bond donors (Lipinski definition) is 1. The lowest BCUT2D eigenvalue weighted by Crippen LogP contribution is -2.46. The largest absolute Gasteiger partial charge is 0.279 e. The normalized spacial score (nSPS) is 25.6. The highest BCUT2D eigenvalue weighted by Gasteiger charge is 2.26. The van der Waals surface area contributed by atoms with E-state index in [4.69, 9.17) is 0 Å². The summed E-state index contributed by atoms with van der Waals surface area (Å²) in [6, 6.07) is 0. The second-order valence-corrected chi connectivity index (χ2v) is 7.12. The van der Waals surface area contributed by atoms with Gasteiger partial charge >= 0.3 is 0 Å². The lowest BCUT2D eigenvalue weighted by atomic mass is 10.0. The summed E-state index contributed by atoms with van der Waals surface area (Å²) >= 11 is 3.34. The average Bonchev–Trinajstić information content (AvgIpc) is 2.26. The summed E-state index contributed by atoms with van der Waals surface area (Å²) in [5, 5.41) is 0.811. The van der Waals surface area contributed by atoms with Crippen molar-refractivity contribution in [3.63, 3.8) is 0 Å². The van der Waals surface area contributed by atoms with Crippen LogP contribution in [-0.2, 0) is 10.2 Å². The van der Waals surface area contributed by atoms with E-state index in [1.165, 1.54) is 0 Å². The van der Waals surface area contributed by atoms with Crippen molar-refractivity contribution >= 4 is 26.1 Å². The molecule has 0 aromatic rings. The van der Waals surface area contributed by atoms with E-state index < -0.39 is 10.2 Å². The fourth-order valence-electron chi connectivity index (χ4n) is 1.76. The highest BCUT2D eigenvalue weighted by molar-refractivity contribution is 9.09. The molecule has 0 aromatic heterocycles. The van der Waals surface area contributed by atoms with E-state index in [2.05, 4.69) is 27.6 Å². The van der Waals surface area contributed by atoms with E-state index in [9.17, 15) is 8.42 Å². The second-order valence-electron chi connectivity index (χ2n) is 4.72. The summed E-state index contributed by atoms with van der Waals surface area (Å²) in [6.07, 6.45) is 2.10. The monoisotopic (exact) mass is 312 g/mol. The van der Waals surface area contributed by atoms with E-state index in [1.54, 1.807) is 4.31 Å². The Morgan fingerprint density at radius 2 is 2.25 bits per heavy atom. The van der Waals surface area contributed by atoms with Crippen LogP contribution in [0.15, 0.2) is 0 Å². The summed E-state index contributed by atoms with van der Waals surface area (Å²) in [4.78, 5) is 0. The van der Waals surface area contributed by atoms with Crippen molar-refractivity contribution in [2.45, 2.75) is 26.7 Å². The van der Waals surface area contributed by atoms with Gasteiger partial charge in [0.2, 0.25) is 0 Å². The van der Waals surface area contributed by atoms with Gasteiger partial charge in [0.1, 0.15) is 0 Å². The zero-order valence-corrected chi connectivity index (χ0v) is 12.3. The van der Waals surface area contributed by atoms with Crippen molar-refractivity contribution < 1.29 is 8.42 Å². The molecule has 0 aromatic carbocycles. The Labute approximate surface area is 107 Å². The Balaban J connectivity index is 2.49. The average molecular weight is 313 g/mol. The summed E-state index contributed by atoms with van der Waals surface area (Å²) in [6.45, 7) is 5.91. The first kappa shape index (κ1) is 14.4. The van der Waals surface area contributed by atoms with Crippen molar-refractivity contribution in [2.75, 3.05) is 25.0 Å². The fourth-order valence-corrected chi connectivity index (χ4v) is 3.48. The third-order valence-corrected chi connectivity index (χ3v) is 5.49. The molecule has 0 radical (unpaired) electrons. The number of nitrogens with zero attached hydrogens (tertiary/aromatic N) is 1. The molecular formula is C10H21BrN2O2S. The van der Waals surface area contributed by atoms with Crippen LogP contribution >= 0.6 is 15.9 Å². The van der Waals surface area contributed by atoms with E-state index in [1.807, 2.05) is 6.92 Å². The molecule has 0 aliphatic carbocycles. The van der Waals surface area contributed by atoms with Gasteiger partial charge in [-0.05, 0) is 24.7 Å². The molecule has 96 valence electrons. The molecule has 1 N–H and O–H groups in total. The van der Waals surface area contributed by atoms with Crippen LogP contribution in [-0.4, -0.2) is 37.7 Å². The van der Waals surface area contributed by atoms with Crippen LogP contribution in [0, 0.1) is 11.8 Å². The van der Waals surface area contributed by atoms with E-state index >= 15 is 0 Å². The molecule has 4 nitrogen and oxygen atoms in total. The zero-order chi connectivity index (χ0) is 12.2. The van der Waals surface area contributed by atoms with Gasteiger partial charge in [-0.1, -0.05) is 29.8 Å². The number of hydrogen-bond acceptors (Lipinski definition) is 2. The summed E-state index contributed by atoms with van der Waals surface area (Å²) < 4.78 is 28.1. The molecule has 1 fully saturated rings. The predicted molar refractivity (Wildman–Crippen MR) is 69.9 cm³/mol. The van der Waals surface area contributed by atoms with Crippen LogP contribution in [0.4, 0.5) is 0 Å². The number of piperidine rings is 1. The summed E-state index contributed by atoms with van der Waals surface area (Å²) in [7, 11) is -3.26. The first-order valence-corrected chi connectivity index (χ1v) is 8.32. The molecule has 16 heavy (non-hydrogen) atoms. The third kappa shape index (κ3) is 4.31. The van der Waals surface area contributed by atoms with Gasteiger partial charge in [-0.2, -0.15) is 12.7 Å². The van der Waals surface area contributed by atoms with Gasteiger partial charge in [0.15, 0.2) is 0 Å². The highest BCUT2D eigenvalue weighted by Crippen LogP contribution is 2.17. The van der Waals surface area contributed by atoms with Gasteiger partial charge in [0.05, 0.1) is 0 Å².